The third-order valence-corrected chi connectivity index (χ3v) is 11.1. The molecule has 3 N–H and O–H groups in total. The summed E-state index contributed by atoms with van der Waals surface area (Å²) in [5.41, 5.74) is 0. The van der Waals surface area contributed by atoms with Crippen LogP contribution in [0, 0.1) is 17.8 Å². The molecule has 1 saturated carbocycles. The van der Waals surface area contributed by atoms with E-state index in [-0.39, 0.29) is 11.8 Å². The van der Waals surface area contributed by atoms with E-state index < -0.39 is 28.6 Å². The molecular formula is C20H38F6N4O2P2. The van der Waals surface area contributed by atoms with E-state index in [2.05, 4.69) is 19.3 Å². The van der Waals surface area contributed by atoms with Gasteiger partial charge in [0.25, 0.3) is 0 Å². The van der Waals surface area contributed by atoms with E-state index in [1.54, 1.807) is 0 Å². The SMILES string of the molecule is F[P-](F)(F)(F)(F)F.OC1NC(O)C2C1CCCC2C1CCCN1[PH+](N1CCCC1)N1CCCC1. The van der Waals surface area contributed by atoms with Crippen LogP contribution in [0.15, 0.2) is 0 Å². The number of rotatable bonds is 4. The molecule has 6 nitrogen and oxygen atoms in total. The predicted octanol–water partition coefficient (Wildman–Crippen LogP) is 5.26. The first kappa shape index (κ1) is 27.2. The third kappa shape index (κ3) is 7.15. The molecule has 6 atom stereocenters. The molecule has 5 aliphatic rings. The molecule has 0 aromatic heterocycles. The number of fused-ring (bicyclic) bond motifs is 1. The molecule has 0 aromatic rings. The fourth-order valence-electron chi connectivity index (χ4n) is 6.87. The standard InChI is InChI=1S/C20H37N4O2P.F6P/c25-19-16-8-5-7-15(18(16)20(26)21-19)17-9-6-14-24(17)27(22-10-1-2-11-22)23-12-3-4-13-23;1-7(2,3,4,5)6/h15-21,25-26H,1-14H2;/q;-1/p+1. The van der Waals surface area contributed by atoms with Crippen LogP contribution in [0.3, 0.4) is 0 Å². The van der Waals surface area contributed by atoms with E-state index >= 15 is 0 Å². The van der Waals surface area contributed by atoms with Gasteiger partial charge in [0.2, 0.25) is 8.37 Å². The summed E-state index contributed by atoms with van der Waals surface area (Å²) >= 11 is 0. The van der Waals surface area contributed by atoms with Gasteiger partial charge in [-0.1, -0.05) is 6.42 Å². The van der Waals surface area contributed by atoms with E-state index in [9.17, 15) is 35.4 Å². The van der Waals surface area contributed by atoms with Crippen molar-refractivity contribution in [2.24, 2.45) is 17.8 Å². The summed E-state index contributed by atoms with van der Waals surface area (Å²) in [6.07, 6.45) is 10.5. The van der Waals surface area contributed by atoms with Crippen molar-refractivity contribution in [2.45, 2.75) is 76.3 Å². The van der Waals surface area contributed by atoms with Gasteiger partial charge in [-0.05, 0) is 57.3 Å². The summed E-state index contributed by atoms with van der Waals surface area (Å²) in [7, 11) is -11.5. The summed E-state index contributed by atoms with van der Waals surface area (Å²) in [5.74, 6) is 1.02. The second kappa shape index (κ2) is 9.50. The summed E-state index contributed by atoms with van der Waals surface area (Å²) in [4.78, 5) is 0. The average Bonchev–Trinajstić information content (AvgIpc) is 3.50. The van der Waals surface area contributed by atoms with Gasteiger partial charge in [0, 0.05) is 44.6 Å². The number of aliphatic hydroxyl groups is 2. The molecule has 0 bridgehead atoms. The zero-order chi connectivity index (χ0) is 24.8. The van der Waals surface area contributed by atoms with Crippen LogP contribution in [0.4, 0.5) is 25.2 Å². The summed E-state index contributed by atoms with van der Waals surface area (Å²) < 4.78 is 67.8. The fourth-order valence-corrected chi connectivity index (χ4v) is 10.4. The Balaban J connectivity index is 0.000000344. The van der Waals surface area contributed by atoms with Crippen molar-refractivity contribution in [1.82, 2.24) is 19.3 Å². The van der Waals surface area contributed by atoms with Crippen LogP contribution >= 0.6 is 16.2 Å². The van der Waals surface area contributed by atoms with Gasteiger partial charge in [-0.2, -0.15) is 9.34 Å². The first-order valence-corrected chi connectivity index (χ1v) is 15.9. The minimum Gasteiger partial charge on any atom is -0.378 e. The van der Waals surface area contributed by atoms with Crippen LogP contribution in [0.5, 0.6) is 0 Å². The molecule has 0 aromatic carbocycles. The van der Waals surface area contributed by atoms with Crippen molar-refractivity contribution in [1.29, 1.82) is 0 Å². The van der Waals surface area contributed by atoms with Crippen LogP contribution in [0.1, 0.15) is 57.8 Å². The molecule has 1 aliphatic carbocycles. The van der Waals surface area contributed by atoms with Crippen molar-refractivity contribution in [3.8, 4) is 0 Å². The largest absolute Gasteiger partial charge is 0.378 e. The third-order valence-electron chi connectivity index (χ3n) is 8.00. The molecule has 0 spiro atoms. The van der Waals surface area contributed by atoms with Crippen LogP contribution in [-0.2, 0) is 0 Å². The Morgan fingerprint density at radius 2 is 1.15 bits per heavy atom. The van der Waals surface area contributed by atoms with Crippen LogP contribution in [-0.4, -0.2) is 75.4 Å². The molecular weight excluding hydrogens is 504 g/mol. The maximum Gasteiger partial charge on any atom is 0.214 e. The summed E-state index contributed by atoms with van der Waals surface area (Å²) in [5, 5.41) is 24.1. The Bertz CT molecular complexity index is 681. The smallest absolute Gasteiger partial charge is 0.214 e. The van der Waals surface area contributed by atoms with Gasteiger partial charge < -0.3 is 10.2 Å². The minimum absolute atomic E-state index is 0.236. The van der Waals surface area contributed by atoms with Crippen molar-refractivity contribution in [3.05, 3.63) is 0 Å². The Labute approximate surface area is 198 Å². The number of hydrogen-bond acceptors (Lipinski definition) is 6. The number of nitrogens with zero attached hydrogens (tertiary/aromatic N) is 3. The maximum atomic E-state index is 10.7. The number of nitrogens with one attached hydrogen (secondary N) is 1. The van der Waals surface area contributed by atoms with Crippen molar-refractivity contribution in [3.63, 3.8) is 0 Å². The quantitative estimate of drug-likeness (QED) is 0.333. The van der Waals surface area contributed by atoms with Gasteiger partial charge in [0.05, 0.1) is 6.04 Å². The van der Waals surface area contributed by atoms with Crippen LogP contribution < -0.4 is 5.32 Å². The predicted molar refractivity (Wildman–Crippen MR) is 123 cm³/mol. The second-order valence-electron chi connectivity index (χ2n) is 10.4. The fraction of sp³-hybridized carbons (Fsp3) is 1.00. The molecule has 34 heavy (non-hydrogen) atoms. The minimum atomic E-state index is -10.7. The van der Waals surface area contributed by atoms with Gasteiger partial charge >= 0.3 is 33.0 Å². The van der Waals surface area contributed by atoms with Crippen molar-refractivity contribution in [2.75, 3.05) is 32.7 Å². The Kier molecular flexibility index (Phi) is 7.61. The van der Waals surface area contributed by atoms with Crippen molar-refractivity contribution < 1.29 is 35.4 Å². The zero-order valence-corrected chi connectivity index (χ0v) is 21.2. The molecule has 4 aliphatic heterocycles. The molecule has 5 fully saturated rings. The molecule has 4 heterocycles. The Morgan fingerprint density at radius 3 is 1.68 bits per heavy atom. The maximum absolute atomic E-state index is 10.7. The molecule has 0 amide bonds. The number of aliphatic hydroxyl groups excluding tert-OH is 2. The zero-order valence-electron chi connectivity index (χ0n) is 19.3. The van der Waals surface area contributed by atoms with Gasteiger partial charge in [-0.15, -0.1) is 4.67 Å². The van der Waals surface area contributed by atoms with Gasteiger partial charge in [0.1, 0.15) is 12.5 Å². The first-order valence-electron chi connectivity index (χ1n) is 12.5. The van der Waals surface area contributed by atoms with Gasteiger partial charge in [-0.25, -0.2) is 0 Å². The Morgan fingerprint density at radius 1 is 0.647 bits per heavy atom. The van der Waals surface area contributed by atoms with Crippen LogP contribution in [0.25, 0.3) is 0 Å². The van der Waals surface area contributed by atoms with Crippen molar-refractivity contribution >= 4 is 16.2 Å². The average molecular weight is 542 g/mol. The molecule has 202 valence electrons. The van der Waals surface area contributed by atoms with Crippen LogP contribution in [0.2, 0.25) is 0 Å². The molecule has 6 unspecified atom stereocenters. The van der Waals surface area contributed by atoms with E-state index in [4.69, 9.17) is 0 Å². The van der Waals surface area contributed by atoms with E-state index in [1.807, 2.05) is 0 Å². The Hall–Kier alpha value is 0.200. The molecule has 14 heteroatoms. The van der Waals surface area contributed by atoms with E-state index in [0.29, 0.717) is 12.0 Å². The van der Waals surface area contributed by atoms with Gasteiger partial charge in [-0.3, -0.25) is 5.32 Å². The topological polar surface area (TPSA) is 62.2 Å². The first-order chi connectivity index (χ1) is 15.7. The molecule has 4 saturated heterocycles. The number of halogens is 6. The molecule has 5 rings (SSSR count). The van der Waals surface area contributed by atoms with E-state index in [1.165, 1.54) is 84.1 Å². The van der Waals surface area contributed by atoms with E-state index in [0.717, 1.165) is 6.42 Å². The second-order valence-corrected chi connectivity index (χ2v) is 14.8. The molecule has 0 radical (unpaired) electrons. The summed E-state index contributed by atoms with van der Waals surface area (Å²) in [6, 6.07) is 0.606. The monoisotopic (exact) mass is 542 g/mol. The number of hydrogen-bond donors (Lipinski definition) is 3. The van der Waals surface area contributed by atoms with Gasteiger partial charge in [0.15, 0.2) is 0 Å². The normalized spacial score (nSPS) is 40.1. The summed E-state index contributed by atoms with van der Waals surface area (Å²) in [6.45, 7) is 6.38.